The second-order valence-corrected chi connectivity index (χ2v) is 9.48. The van der Waals surface area contributed by atoms with Gasteiger partial charge in [-0.3, -0.25) is 9.78 Å². The zero-order chi connectivity index (χ0) is 19.4. The predicted molar refractivity (Wildman–Crippen MR) is 113 cm³/mol. The van der Waals surface area contributed by atoms with E-state index in [2.05, 4.69) is 22.4 Å². The number of hydrogen-bond acceptors (Lipinski definition) is 3. The molecule has 4 heteroatoms. The van der Waals surface area contributed by atoms with E-state index in [4.69, 9.17) is 4.98 Å². The zero-order valence-electron chi connectivity index (χ0n) is 16.5. The molecule has 146 valence electrons. The van der Waals surface area contributed by atoms with E-state index >= 15 is 0 Å². The minimum atomic E-state index is -0.0254. The van der Waals surface area contributed by atoms with Gasteiger partial charge in [-0.2, -0.15) is 0 Å². The number of rotatable bonds is 3. The number of nitrogens with one attached hydrogen (secondary N) is 1. The Balaban J connectivity index is 1.27. The van der Waals surface area contributed by atoms with E-state index in [0.717, 1.165) is 59.2 Å². The van der Waals surface area contributed by atoms with Crippen LogP contribution in [0.4, 0.5) is 0 Å². The van der Waals surface area contributed by atoms with Crippen molar-refractivity contribution in [3.05, 3.63) is 60.4 Å². The lowest BCUT2D eigenvalue weighted by atomic mass is 9.53. The van der Waals surface area contributed by atoms with Gasteiger partial charge in [-0.25, -0.2) is 4.98 Å². The molecule has 7 rings (SSSR count). The standard InChI is InChI=1S/C25H25N3O/c29-24(28-25-12-16-8-17(13-25)10-18(9-16)14-25)23-7-3-6-22(27-23)20-11-19-4-1-2-5-21(19)26-15-20/h1-7,11,15-18H,8-10,12-14H2,(H,28,29). The maximum absolute atomic E-state index is 13.1. The monoisotopic (exact) mass is 383 g/mol. The van der Waals surface area contributed by atoms with E-state index in [-0.39, 0.29) is 11.4 Å². The maximum Gasteiger partial charge on any atom is 0.270 e. The largest absolute Gasteiger partial charge is 0.345 e. The van der Waals surface area contributed by atoms with Crippen LogP contribution in [-0.4, -0.2) is 21.4 Å². The summed E-state index contributed by atoms with van der Waals surface area (Å²) < 4.78 is 0. The Morgan fingerprint density at radius 2 is 1.66 bits per heavy atom. The second-order valence-electron chi connectivity index (χ2n) is 9.48. The lowest BCUT2D eigenvalue weighted by molar-refractivity contribution is -0.0167. The van der Waals surface area contributed by atoms with Crippen molar-refractivity contribution in [1.82, 2.24) is 15.3 Å². The molecular weight excluding hydrogens is 358 g/mol. The molecule has 29 heavy (non-hydrogen) atoms. The van der Waals surface area contributed by atoms with Crippen LogP contribution in [0.25, 0.3) is 22.2 Å². The molecule has 4 fully saturated rings. The van der Waals surface area contributed by atoms with Crippen LogP contribution in [0.1, 0.15) is 49.0 Å². The Kier molecular flexibility index (Phi) is 3.77. The molecular formula is C25H25N3O. The molecule has 0 aliphatic heterocycles. The number of hydrogen-bond donors (Lipinski definition) is 1. The number of carbonyl (C=O) groups is 1. The maximum atomic E-state index is 13.1. The third kappa shape index (κ3) is 3.02. The average Bonchev–Trinajstić information content (AvgIpc) is 2.72. The van der Waals surface area contributed by atoms with Gasteiger partial charge >= 0.3 is 0 Å². The van der Waals surface area contributed by atoms with Gasteiger partial charge in [-0.1, -0.05) is 24.3 Å². The molecule has 1 aromatic carbocycles. The number of benzene rings is 1. The zero-order valence-corrected chi connectivity index (χ0v) is 16.5. The number of fused-ring (bicyclic) bond motifs is 1. The SMILES string of the molecule is O=C(NC12CC3CC(CC(C3)C1)C2)c1cccc(-c2cnc3ccccc3c2)n1. The van der Waals surface area contributed by atoms with Crippen LogP contribution in [0.3, 0.4) is 0 Å². The predicted octanol–water partition coefficient (Wildman–Crippen LogP) is 5.00. The van der Waals surface area contributed by atoms with Gasteiger partial charge in [-0.05, 0) is 80.5 Å². The van der Waals surface area contributed by atoms with Crippen molar-refractivity contribution in [2.24, 2.45) is 17.8 Å². The molecule has 1 N–H and O–H groups in total. The fourth-order valence-corrected chi connectivity index (χ4v) is 6.50. The molecule has 2 aromatic heterocycles. The number of aromatic nitrogens is 2. The van der Waals surface area contributed by atoms with Crippen LogP contribution in [-0.2, 0) is 0 Å². The Bertz CT molecular complexity index is 1070. The molecule has 0 atom stereocenters. The van der Waals surface area contributed by atoms with Gasteiger partial charge < -0.3 is 5.32 Å². The molecule has 4 bridgehead atoms. The fourth-order valence-electron chi connectivity index (χ4n) is 6.50. The Labute approximate surface area is 170 Å². The van der Waals surface area contributed by atoms with Crippen molar-refractivity contribution in [1.29, 1.82) is 0 Å². The lowest BCUT2D eigenvalue weighted by Gasteiger charge is -2.56. The molecule has 0 radical (unpaired) electrons. The van der Waals surface area contributed by atoms with E-state index < -0.39 is 0 Å². The fraction of sp³-hybridized carbons (Fsp3) is 0.400. The number of carbonyl (C=O) groups excluding carboxylic acids is 1. The molecule has 4 aliphatic rings. The van der Waals surface area contributed by atoms with Gasteiger partial charge in [0, 0.05) is 22.7 Å². The molecule has 1 amide bonds. The molecule has 0 saturated heterocycles. The van der Waals surface area contributed by atoms with Gasteiger partial charge in [0.05, 0.1) is 11.2 Å². The molecule has 0 spiro atoms. The Morgan fingerprint density at radius 1 is 0.931 bits per heavy atom. The van der Waals surface area contributed by atoms with Gasteiger partial charge in [0.1, 0.15) is 5.69 Å². The topological polar surface area (TPSA) is 54.9 Å². The smallest absolute Gasteiger partial charge is 0.270 e. The van der Waals surface area contributed by atoms with Crippen molar-refractivity contribution in [2.45, 2.75) is 44.1 Å². The van der Waals surface area contributed by atoms with Crippen molar-refractivity contribution in [3.8, 4) is 11.3 Å². The average molecular weight is 383 g/mol. The Morgan fingerprint density at radius 3 is 2.41 bits per heavy atom. The highest BCUT2D eigenvalue weighted by Gasteiger charge is 2.51. The van der Waals surface area contributed by atoms with E-state index in [1.165, 1.54) is 19.3 Å². The van der Waals surface area contributed by atoms with Crippen molar-refractivity contribution in [3.63, 3.8) is 0 Å². The van der Waals surface area contributed by atoms with Crippen LogP contribution >= 0.6 is 0 Å². The van der Waals surface area contributed by atoms with E-state index in [0.29, 0.717) is 5.69 Å². The minimum Gasteiger partial charge on any atom is -0.345 e. The molecule has 2 heterocycles. The summed E-state index contributed by atoms with van der Waals surface area (Å²) in [7, 11) is 0. The summed E-state index contributed by atoms with van der Waals surface area (Å²) >= 11 is 0. The highest BCUT2D eigenvalue weighted by molar-refractivity contribution is 5.93. The van der Waals surface area contributed by atoms with Gasteiger partial charge in [0.2, 0.25) is 0 Å². The van der Waals surface area contributed by atoms with Crippen LogP contribution < -0.4 is 5.32 Å². The molecule has 0 unspecified atom stereocenters. The van der Waals surface area contributed by atoms with Gasteiger partial charge in [0.15, 0.2) is 0 Å². The summed E-state index contributed by atoms with van der Waals surface area (Å²) in [5, 5.41) is 4.51. The summed E-state index contributed by atoms with van der Waals surface area (Å²) in [5.41, 5.74) is 3.21. The molecule has 4 aliphatic carbocycles. The van der Waals surface area contributed by atoms with Crippen molar-refractivity contribution >= 4 is 16.8 Å². The lowest BCUT2D eigenvalue weighted by Crippen LogP contribution is -2.59. The number of para-hydroxylation sites is 1. The second kappa shape index (κ2) is 6.38. The first-order valence-electron chi connectivity index (χ1n) is 10.8. The Hall–Kier alpha value is -2.75. The molecule has 3 aromatic rings. The summed E-state index contributed by atoms with van der Waals surface area (Å²) in [6.45, 7) is 0. The van der Waals surface area contributed by atoms with E-state index in [1.807, 2.05) is 42.6 Å². The molecule has 4 nitrogen and oxygen atoms in total. The van der Waals surface area contributed by atoms with Crippen LogP contribution in [0.2, 0.25) is 0 Å². The van der Waals surface area contributed by atoms with Crippen LogP contribution in [0.5, 0.6) is 0 Å². The van der Waals surface area contributed by atoms with Crippen LogP contribution in [0.15, 0.2) is 54.7 Å². The minimum absolute atomic E-state index is 0.00796. The van der Waals surface area contributed by atoms with Gasteiger partial charge in [0.25, 0.3) is 5.91 Å². The third-order valence-corrected chi connectivity index (χ3v) is 7.28. The highest BCUT2D eigenvalue weighted by atomic mass is 16.2. The first-order valence-corrected chi connectivity index (χ1v) is 10.8. The number of nitrogens with zero attached hydrogens (tertiary/aromatic N) is 2. The quantitative estimate of drug-likeness (QED) is 0.693. The molecule has 4 saturated carbocycles. The van der Waals surface area contributed by atoms with Gasteiger partial charge in [-0.15, -0.1) is 0 Å². The van der Waals surface area contributed by atoms with E-state index in [1.54, 1.807) is 0 Å². The number of amides is 1. The summed E-state index contributed by atoms with van der Waals surface area (Å²) in [5.74, 6) is 2.40. The third-order valence-electron chi connectivity index (χ3n) is 7.28. The first-order chi connectivity index (χ1) is 14.2. The number of pyridine rings is 2. The first kappa shape index (κ1) is 17.1. The highest BCUT2D eigenvalue weighted by Crippen LogP contribution is 2.55. The summed E-state index contributed by atoms with van der Waals surface area (Å²) in [6.07, 6.45) is 9.41. The van der Waals surface area contributed by atoms with E-state index in [9.17, 15) is 4.79 Å². The van der Waals surface area contributed by atoms with Crippen molar-refractivity contribution in [2.75, 3.05) is 0 Å². The summed E-state index contributed by atoms with van der Waals surface area (Å²) in [6, 6.07) is 15.8. The van der Waals surface area contributed by atoms with Crippen molar-refractivity contribution < 1.29 is 4.79 Å². The normalized spacial score (nSPS) is 29.9. The van der Waals surface area contributed by atoms with Crippen LogP contribution in [0, 0.1) is 17.8 Å². The summed E-state index contributed by atoms with van der Waals surface area (Å²) in [4.78, 5) is 22.4.